The molecule has 0 spiro atoms. The van der Waals surface area contributed by atoms with Crippen molar-refractivity contribution in [1.29, 1.82) is 0 Å². The third kappa shape index (κ3) is 5.25. The number of alkyl halides is 4. The second-order valence-electron chi connectivity index (χ2n) is 7.57. The van der Waals surface area contributed by atoms with Gasteiger partial charge >= 0.3 is 12.1 Å². The minimum absolute atomic E-state index is 0.00962. The molecule has 1 aliphatic heterocycles. The highest BCUT2D eigenvalue weighted by Crippen LogP contribution is 2.40. The quantitative estimate of drug-likeness (QED) is 0.516. The van der Waals surface area contributed by atoms with Gasteiger partial charge in [-0.3, -0.25) is 14.0 Å². The van der Waals surface area contributed by atoms with Crippen LogP contribution in [0.1, 0.15) is 42.1 Å². The number of aromatic nitrogens is 1. The van der Waals surface area contributed by atoms with Gasteiger partial charge in [-0.1, -0.05) is 6.92 Å². The number of anilines is 1. The van der Waals surface area contributed by atoms with Gasteiger partial charge < -0.3 is 15.0 Å². The topological polar surface area (TPSA) is 71.5 Å². The van der Waals surface area contributed by atoms with Gasteiger partial charge in [0.1, 0.15) is 11.9 Å². The van der Waals surface area contributed by atoms with Crippen molar-refractivity contribution in [2.75, 3.05) is 31.7 Å². The summed E-state index contributed by atoms with van der Waals surface area (Å²) in [7, 11) is 1.40. The molecule has 0 aliphatic carbocycles. The zero-order chi connectivity index (χ0) is 22.8. The largest absolute Gasteiger partial charge is 0.462 e. The fourth-order valence-electron chi connectivity index (χ4n) is 3.44. The van der Waals surface area contributed by atoms with Crippen LogP contribution in [0.2, 0.25) is 0 Å². The number of esters is 1. The summed E-state index contributed by atoms with van der Waals surface area (Å²) in [4.78, 5) is 30.0. The molecule has 0 aromatic carbocycles. The first-order chi connectivity index (χ1) is 14.6. The highest BCUT2D eigenvalue weighted by molar-refractivity contribution is 7.17. The van der Waals surface area contributed by atoms with E-state index in [1.54, 1.807) is 11.8 Å². The van der Waals surface area contributed by atoms with E-state index < -0.39 is 36.2 Å². The molecule has 1 aliphatic rings. The molecule has 11 heteroatoms. The number of nitrogens with one attached hydrogen (secondary N) is 1. The number of carbonyl (C=O) groups excluding carboxylic acids is 2. The van der Waals surface area contributed by atoms with Crippen molar-refractivity contribution < 1.29 is 31.9 Å². The van der Waals surface area contributed by atoms with Crippen molar-refractivity contribution in [3.8, 4) is 0 Å². The molecule has 170 valence electrons. The smallest absolute Gasteiger partial charge is 0.417 e. The average molecular weight is 461 g/mol. The highest BCUT2D eigenvalue weighted by Gasteiger charge is 2.36. The van der Waals surface area contributed by atoms with Gasteiger partial charge in [0, 0.05) is 38.4 Å². The van der Waals surface area contributed by atoms with Crippen LogP contribution < -0.4 is 10.2 Å². The molecule has 6 nitrogen and oxygen atoms in total. The Bertz CT molecular complexity index is 955. The molecular weight excluding hydrogens is 438 g/mol. The van der Waals surface area contributed by atoms with Crippen molar-refractivity contribution in [1.82, 2.24) is 10.3 Å². The molecule has 0 bridgehead atoms. The molecule has 1 N–H and O–H groups in total. The second-order valence-corrected chi connectivity index (χ2v) is 8.45. The number of pyridine rings is 1. The molecule has 2 aromatic rings. The predicted octanol–water partition coefficient (Wildman–Crippen LogP) is 4.18. The van der Waals surface area contributed by atoms with Crippen LogP contribution >= 0.6 is 11.3 Å². The lowest BCUT2D eigenvalue weighted by Crippen LogP contribution is -2.38. The number of hydrogen-bond acceptors (Lipinski definition) is 6. The van der Waals surface area contributed by atoms with E-state index in [1.165, 1.54) is 12.4 Å². The minimum Gasteiger partial charge on any atom is -0.462 e. The number of fused-ring (bicyclic) bond motifs is 1. The van der Waals surface area contributed by atoms with E-state index >= 15 is 0 Å². The lowest BCUT2D eigenvalue weighted by Gasteiger charge is -2.33. The SMILES string of the molecule is CNC(=O)c1csc2c(C(F)(F)F)cc(N3CCC(OC(=O)C[C@H](C)CF)CC3)nc12. The maximum absolute atomic E-state index is 13.7. The summed E-state index contributed by atoms with van der Waals surface area (Å²) in [5, 5.41) is 3.79. The molecule has 2 aromatic heterocycles. The van der Waals surface area contributed by atoms with Crippen LogP contribution in [-0.4, -0.2) is 49.8 Å². The van der Waals surface area contributed by atoms with E-state index in [1.807, 2.05) is 0 Å². The normalized spacial score (nSPS) is 16.4. The lowest BCUT2D eigenvalue weighted by molar-refractivity contribution is -0.151. The Labute approximate surface area is 180 Å². The highest BCUT2D eigenvalue weighted by atomic mass is 32.1. The Morgan fingerprint density at radius 3 is 2.61 bits per heavy atom. The molecule has 31 heavy (non-hydrogen) atoms. The zero-order valence-electron chi connectivity index (χ0n) is 17.1. The van der Waals surface area contributed by atoms with Crippen molar-refractivity contribution in [3.05, 3.63) is 22.6 Å². The molecular formula is C20H23F4N3O3S. The van der Waals surface area contributed by atoms with Gasteiger partial charge in [-0.2, -0.15) is 13.2 Å². The number of nitrogens with zero attached hydrogens (tertiary/aromatic N) is 2. The van der Waals surface area contributed by atoms with E-state index in [0.717, 1.165) is 17.4 Å². The van der Waals surface area contributed by atoms with Gasteiger partial charge in [0.05, 0.1) is 34.4 Å². The number of hydrogen-bond donors (Lipinski definition) is 1. The third-order valence-corrected chi connectivity index (χ3v) is 6.13. The number of ether oxygens (including phenoxy) is 1. The summed E-state index contributed by atoms with van der Waals surface area (Å²) in [6.45, 7) is 1.68. The fraction of sp³-hybridized carbons (Fsp3) is 0.550. The van der Waals surface area contributed by atoms with E-state index in [-0.39, 0.29) is 34.1 Å². The molecule has 1 atom stereocenters. The van der Waals surface area contributed by atoms with Gasteiger partial charge in [0.2, 0.25) is 0 Å². The maximum Gasteiger partial charge on any atom is 0.417 e. The number of amides is 1. The van der Waals surface area contributed by atoms with Crippen molar-refractivity contribution in [3.63, 3.8) is 0 Å². The zero-order valence-corrected chi connectivity index (χ0v) is 17.9. The summed E-state index contributed by atoms with van der Waals surface area (Å²) >= 11 is 0.834. The van der Waals surface area contributed by atoms with Crippen LogP contribution in [0, 0.1) is 5.92 Å². The third-order valence-electron chi connectivity index (χ3n) is 5.13. The van der Waals surface area contributed by atoms with Gasteiger partial charge in [-0.15, -0.1) is 11.3 Å². The molecule has 0 unspecified atom stereocenters. The predicted molar refractivity (Wildman–Crippen MR) is 109 cm³/mol. The summed E-state index contributed by atoms with van der Waals surface area (Å²) in [5.74, 6) is -1.27. The van der Waals surface area contributed by atoms with Gasteiger partial charge in [0.15, 0.2) is 0 Å². The summed E-state index contributed by atoms with van der Waals surface area (Å²) < 4.78 is 58.8. The molecule has 3 rings (SSSR count). The number of piperidine rings is 1. The van der Waals surface area contributed by atoms with Crippen molar-refractivity contribution >= 4 is 39.2 Å². The Hall–Kier alpha value is -2.43. The van der Waals surface area contributed by atoms with E-state index in [4.69, 9.17) is 4.74 Å². The first-order valence-corrected chi connectivity index (χ1v) is 10.7. The molecule has 0 saturated carbocycles. The van der Waals surface area contributed by atoms with Crippen LogP contribution in [0.25, 0.3) is 10.2 Å². The van der Waals surface area contributed by atoms with Crippen LogP contribution in [0.5, 0.6) is 0 Å². The first-order valence-electron chi connectivity index (χ1n) is 9.86. The van der Waals surface area contributed by atoms with Gasteiger partial charge in [-0.25, -0.2) is 4.98 Å². The Kier molecular flexibility index (Phi) is 7.03. The fourth-order valence-corrected chi connectivity index (χ4v) is 4.46. The van der Waals surface area contributed by atoms with Gasteiger partial charge in [-0.05, 0) is 12.0 Å². The summed E-state index contributed by atoms with van der Waals surface area (Å²) in [6.07, 6.45) is -4.14. The van der Waals surface area contributed by atoms with Crippen molar-refractivity contribution in [2.45, 2.75) is 38.5 Å². The van der Waals surface area contributed by atoms with Crippen LogP contribution in [0.3, 0.4) is 0 Å². The van der Waals surface area contributed by atoms with Crippen LogP contribution in [0.4, 0.5) is 23.4 Å². The molecule has 3 heterocycles. The number of carbonyl (C=O) groups is 2. The number of rotatable bonds is 6. The van der Waals surface area contributed by atoms with E-state index in [9.17, 15) is 27.2 Å². The van der Waals surface area contributed by atoms with Gasteiger partial charge in [0.25, 0.3) is 5.91 Å². The molecule has 1 amide bonds. The minimum atomic E-state index is -4.60. The summed E-state index contributed by atoms with van der Waals surface area (Å²) in [5.41, 5.74) is -0.718. The second kappa shape index (κ2) is 9.37. The monoisotopic (exact) mass is 461 g/mol. The van der Waals surface area contributed by atoms with E-state index in [0.29, 0.717) is 25.9 Å². The average Bonchev–Trinajstić information content (AvgIpc) is 3.16. The summed E-state index contributed by atoms with van der Waals surface area (Å²) in [6, 6.07) is 1.00. The number of thiophene rings is 1. The van der Waals surface area contributed by atoms with Crippen LogP contribution in [-0.2, 0) is 15.7 Å². The van der Waals surface area contributed by atoms with E-state index in [2.05, 4.69) is 10.3 Å². The first kappa shape index (κ1) is 23.2. The molecule has 1 saturated heterocycles. The molecule has 0 radical (unpaired) electrons. The number of halogens is 4. The van der Waals surface area contributed by atoms with Crippen molar-refractivity contribution in [2.24, 2.45) is 5.92 Å². The standard InChI is InChI=1S/C20H23F4N3O3S/c1-11(9-21)7-16(28)30-12-3-5-27(6-4-12)15-8-14(20(22,23)24)18-17(26-15)13(10-31-18)19(29)25-2/h8,10-12H,3-7,9H2,1-2H3,(H,25,29)/t11-/m0/s1. The Morgan fingerprint density at radius 2 is 2.03 bits per heavy atom. The van der Waals surface area contributed by atoms with Crippen LogP contribution in [0.15, 0.2) is 11.4 Å². The maximum atomic E-state index is 13.7. The Morgan fingerprint density at radius 1 is 1.35 bits per heavy atom. The lowest BCUT2D eigenvalue weighted by atomic mass is 10.1. The Balaban J connectivity index is 1.80. The molecule has 1 fully saturated rings.